The minimum Gasteiger partial charge on any atom is -0.372 e. The zero-order valence-electron chi connectivity index (χ0n) is 11.2. The van der Waals surface area contributed by atoms with Crippen LogP contribution in [0.15, 0.2) is 58.3 Å². The zero-order chi connectivity index (χ0) is 17.3. The second-order valence-corrected chi connectivity index (χ2v) is 7.18. The molecule has 2 aromatic carbocycles. The second-order valence-electron chi connectivity index (χ2n) is 4.21. The summed E-state index contributed by atoms with van der Waals surface area (Å²) in [6.45, 7) is 0. The predicted octanol–water partition coefficient (Wildman–Crippen LogP) is 1.61. The van der Waals surface area contributed by atoms with E-state index in [1.165, 1.54) is 24.3 Å². The first-order valence-corrected chi connectivity index (χ1v) is 8.71. The average molecular weight is 359 g/mol. The largest absolute Gasteiger partial charge is 0.372 e. The minimum atomic E-state index is -4.68. The van der Waals surface area contributed by atoms with Crippen molar-refractivity contribution < 1.29 is 30.5 Å². The van der Waals surface area contributed by atoms with Crippen molar-refractivity contribution >= 4 is 25.9 Å². The van der Waals surface area contributed by atoms with Gasteiger partial charge in [0.15, 0.2) is 0 Å². The number of hydrogen-bond acceptors (Lipinski definition) is 7. The number of nitro groups is 1. The molecule has 11 heteroatoms. The van der Waals surface area contributed by atoms with Crippen LogP contribution in [0.25, 0.3) is 0 Å². The Hall–Kier alpha value is -2.50. The van der Waals surface area contributed by atoms with Crippen LogP contribution < -0.4 is 4.18 Å². The first-order chi connectivity index (χ1) is 10.6. The number of benzene rings is 2. The molecule has 0 saturated carbocycles. The molecule has 0 saturated heterocycles. The van der Waals surface area contributed by atoms with Crippen molar-refractivity contribution in [3.05, 3.63) is 58.6 Å². The van der Waals surface area contributed by atoms with Crippen LogP contribution in [0.1, 0.15) is 0 Å². The quantitative estimate of drug-likeness (QED) is 0.367. The van der Waals surface area contributed by atoms with Crippen LogP contribution in [0, 0.1) is 10.1 Å². The summed E-state index contributed by atoms with van der Waals surface area (Å²) in [6.07, 6.45) is 0. The van der Waals surface area contributed by atoms with Crippen molar-refractivity contribution in [1.29, 1.82) is 0 Å². The standard InChI is InChI=1S/C12H9NO8S2/c14-13(15)11-8-10(22(16,17)18)6-7-12(11)21-23(19,20)9-4-2-1-3-5-9/h1-8H,(H,16,17,18). The fourth-order valence-electron chi connectivity index (χ4n) is 1.62. The molecule has 0 fully saturated rings. The Kier molecular flexibility index (Phi) is 4.36. The van der Waals surface area contributed by atoms with E-state index in [4.69, 9.17) is 8.74 Å². The van der Waals surface area contributed by atoms with Crippen molar-refractivity contribution in [2.75, 3.05) is 0 Å². The molecule has 2 aromatic rings. The monoisotopic (exact) mass is 359 g/mol. The molecule has 0 amide bonds. The maximum absolute atomic E-state index is 12.0. The molecule has 0 aliphatic carbocycles. The van der Waals surface area contributed by atoms with E-state index in [1.54, 1.807) is 6.07 Å². The maximum atomic E-state index is 12.0. The Morgan fingerprint density at radius 2 is 1.57 bits per heavy atom. The van der Waals surface area contributed by atoms with Gasteiger partial charge in [-0.2, -0.15) is 16.8 Å². The van der Waals surface area contributed by atoms with E-state index < -0.39 is 41.5 Å². The third-order valence-corrected chi connectivity index (χ3v) is 4.75. The fraction of sp³-hybridized carbons (Fsp3) is 0. The summed E-state index contributed by atoms with van der Waals surface area (Å²) in [5, 5.41) is 11.0. The van der Waals surface area contributed by atoms with Gasteiger partial charge in [-0.15, -0.1) is 0 Å². The molecular formula is C12H9NO8S2. The number of nitro benzene ring substituents is 1. The van der Waals surface area contributed by atoms with Crippen LogP contribution in [-0.2, 0) is 20.2 Å². The number of hydrogen-bond donors (Lipinski definition) is 1. The highest BCUT2D eigenvalue weighted by molar-refractivity contribution is 7.87. The highest BCUT2D eigenvalue weighted by Crippen LogP contribution is 2.31. The van der Waals surface area contributed by atoms with Gasteiger partial charge in [-0.05, 0) is 24.3 Å². The summed E-state index contributed by atoms with van der Waals surface area (Å²) < 4.78 is 59.7. The lowest BCUT2D eigenvalue weighted by atomic mass is 10.3. The summed E-state index contributed by atoms with van der Waals surface area (Å²) in [5.74, 6) is -0.675. The average Bonchev–Trinajstić information content (AvgIpc) is 2.46. The molecule has 0 heterocycles. The van der Waals surface area contributed by atoms with Gasteiger partial charge in [0.05, 0.1) is 4.92 Å². The molecule has 122 valence electrons. The zero-order valence-corrected chi connectivity index (χ0v) is 12.8. The van der Waals surface area contributed by atoms with E-state index in [1.807, 2.05) is 0 Å². The smallest absolute Gasteiger partial charge is 0.339 e. The molecule has 0 spiro atoms. The molecule has 1 N–H and O–H groups in total. The van der Waals surface area contributed by atoms with Gasteiger partial charge in [0, 0.05) is 6.07 Å². The lowest BCUT2D eigenvalue weighted by molar-refractivity contribution is -0.385. The SMILES string of the molecule is O=[N+]([O-])c1cc(S(=O)(=O)O)ccc1OS(=O)(=O)c1ccccc1. The molecule has 23 heavy (non-hydrogen) atoms. The Balaban J connectivity index is 2.50. The highest BCUT2D eigenvalue weighted by atomic mass is 32.2. The van der Waals surface area contributed by atoms with Crippen molar-refractivity contribution in [1.82, 2.24) is 0 Å². The predicted molar refractivity (Wildman–Crippen MR) is 77.2 cm³/mol. The third-order valence-electron chi connectivity index (χ3n) is 2.66. The van der Waals surface area contributed by atoms with Crippen molar-refractivity contribution in [3.63, 3.8) is 0 Å². The van der Waals surface area contributed by atoms with Crippen LogP contribution >= 0.6 is 0 Å². The second kappa shape index (κ2) is 5.95. The fourth-order valence-corrected chi connectivity index (χ4v) is 3.09. The minimum absolute atomic E-state index is 0.229. The Bertz CT molecular complexity index is 952. The lowest BCUT2D eigenvalue weighted by Crippen LogP contribution is -2.11. The van der Waals surface area contributed by atoms with E-state index >= 15 is 0 Å². The molecule has 9 nitrogen and oxygen atoms in total. The van der Waals surface area contributed by atoms with E-state index in [0.717, 1.165) is 12.1 Å². The summed E-state index contributed by atoms with van der Waals surface area (Å²) in [4.78, 5) is 8.97. The van der Waals surface area contributed by atoms with Gasteiger partial charge >= 0.3 is 15.8 Å². The van der Waals surface area contributed by atoms with Crippen LogP contribution in [0.3, 0.4) is 0 Å². The molecular weight excluding hydrogens is 350 g/mol. The Labute approximate surface area is 131 Å². The summed E-state index contributed by atoms with van der Waals surface area (Å²) in [7, 11) is -9.01. The van der Waals surface area contributed by atoms with Gasteiger partial charge in [-0.3, -0.25) is 14.7 Å². The normalized spacial score (nSPS) is 11.9. The highest BCUT2D eigenvalue weighted by Gasteiger charge is 2.25. The molecule has 0 aromatic heterocycles. The third kappa shape index (κ3) is 3.83. The topological polar surface area (TPSA) is 141 Å². The van der Waals surface area contributed by atoms with Crippen LogP contribution in [0.4, 0.5) is 5.69 Å². The van der Waals surface area contributed by atoms with Crippen molar-refractivity contribution in [2.24, 2.45) is 0 Å². The molecule has 0 aliphatic heterocycles. The van der Waals surface area contributed by atoms with Gasteiger partial charge < -0.3 is 4.18 Å². The maximum Gasteiger partial charge on any atom is 0.339 e. The van der Waals surface area contributed by atoms with Gasteiger partial charge in [0.25, 0.3) is 10.1 Å². The van der Waals surface area contributed by atoms with E-state index in [-0.39, 0.29) is 4.90 Å². The first-order valence-electron chi connectivity index (χ1n) is 5.87. The van der Waals surface area contributed by atoms with Crippen LogP contribution in [0.5, 0.6) is 5.75 Å². The van der Waals surface area contributed by atoms with Crippen molar-refractivity contribution in [3.8, 4) is 5.75 Å². The number of rotatable bonds is 5. The van der Waals surface area contributed by atoms with Crippen LogP contribution in [-0.4, -0.2) is 26.3 Å². The molecule has 0 unspecified atom stereocenters. The first kappa shape index (κ1) is 16.9. The van der Waals surface area contributed by atoms with Gasteiger partial charge in [0.1, 0.15) is 9.79 Å². The summed E-state index contributed by atoms with van der Waals surface area (Å²) in [5.41, 5.74) is -0.917. The Morgan fingerprint density at radius 3 is 2.09 bits per heavy atom. The lowest BCUT2D eigenvalue weighted by Gasteiger charge is -2.08. The number of nitrogens with zero attached hydrogens (tertiary/aromatic N) is 1. The summed E-state index contributed by atoms with van der Waals surface area (Å²) in [6, 6.07) is 8.98. The molecule has 0 radical (unpaired) electrons. The van der Waals surface area contributed by atoms with Gasteiger partial charge in [0.2, 0.25) is 5.75 Å². The van der Waals surface area contributed by atoms with Crippen LogP contribution in [0.2, 0.25) is 0 Å². The molecule has 0 atom stereocenters. The van der Waals surface area contributed by atoms with Gasteiger partial charge in [-0.25, -0.2) is 0 Å². The Morgan fingerprint density at radius 1 is 0.957 bits per heavy atom. The van der Waals surface area contributed by atoms with E-state index in [9.17, 15) is 26.9 Å². The van der Waals surface area contributed by atoms with Crippen molar-refractivity contribution in [2.45, 2.75) is 9.79 Å². The molecule has 0 aliphatic rings. The molecule has 0 bridgehead atoms. The summed E-state index contributed by atoms with van der Waals surface area (Å²) >= 11 is 0. The van der Waals surface area contributed by atoms with Gasteiger partial charge in [-0.1, -0.05) is 18.2 Å². The van der Waals surface area contributed by atoms with E-state index in [0.29, 0.717) is 6.07 Å². The van der Waals surface area contributed by atoms with E-state index in [2.05, 4.69) is 0 Å². The molecule has 2 rings (SSSR count).